The van der Waals surface area contributed by atoms with Crippen LogP contribution in [0.3, 0.4) is 0 Å². The zero-order valence-electron chi connectivity index (χ0n) is 10.8. The number of carbonyl (C=O) groups is 1. The first-order valence-corrected chi connectivity index (χ1v) is 7.19. The second kappa shape index (κ2) is 4.27. The highest BCUT2D eigenvalue weighted by Gasteiger charge is 2.47. The number of nitrogens with two attached hydrogens (primary N) is 1. The first kappa shape index (κ1) is 11.5. The number of hydrogen-bond acceptors (Lipinski definition) is 2. The van der Waals surface area contributed by atoms with Crippen molar-refractivity contribution in [1.29, 1.82) is 0 Å². The summed E-state index contributed by atoms with van der Waals surface area (Å²) in [4.78, 5) is 14.7. The van der Waals surface area contributed by atoms with E-state index in [0.717, 1.165) is 19.5 Å². The van der Waals surface area contributed by atoms with Crippen LogP contribution >= 0.6 is 0 Å². The van der Waals surface area contributed by atoms with Crippen molar-refractivity contribution in [1.82, 2.24) is 4.90 Å². The average molecular weight is 236 g/mol. The van der Waals surface area contributed by atoms with Crippen LogP contribution in [-0.2, 0) is 4.79 Å². The molecule has 0 aromatic carbocycles. The molecule has 3 heteroatoms. The molecule has 1 heterocycles. The van der Waals surface area contributed by atoms with Crippen LogP contribution in [0.2, 0.25) is 0 Å². The molecular formula is C14H24N2O. The molecular weight excluding hydrogens is 212 g/mol. The van der Waals surface area contributed by atoms with Crippen molar-refractivity contribution >= 4 is 5.91 Å². The van der Waals surface area contributed by atoms with Gasteiger partial charge in [0.1, 0.15) is 0 Å². The summed E-state index contributed by atoms with van der Waals surface area (Å²) in [7, 11) is 0. The second-order valence-corrected chi connectivity index (χ2v) is 6.54. The zero-order chi connectivity index (χ0) is 12.0. The van der Waals surface area contributed by atoms with Gasteiger partial charge in [-0.2, -0.15) is 0 Å². The normalized spacial score (nSPS) is 34.2. The smallest absolute Gasteiger partial charge is 0.226 e. The number of likely N-dealkylation sites (tertiary alicyclic amines) is 1. The monoisotopic (exact) mass is 236 g/mol. The number of nitrogens with zero attached hydrogens (tertiary/aromatic N) is 1. The van der Waals surface area contributed by atoms with Crippen molar-refractivity contribution in [3.05, 3.63) is 0 Å². The van der Waals surface area contributed by atoms with Crippen LogP contribution in [-0.4, -0.2) is 29.9 Å². The van der Waals surface area contributed by atoms with Gasteiger partial charge < -0.3 is 10.6 Å². The second-order valence-electron chi connectivity index (χ2n) is 6.54. The standard InChI is InChI=1S/C14H24N2O/c1-9-6-12(15)8-16(7-9)14(17)13(10-2-3-10)11-4-5-11/h9-13H,2-8,15H2,1H3. The van der Waals surface area contributed by atoms with E-state index in [0.29, 0.717) is 29.6 Å². The molecule has 3 rings (SSSR count). The van der Waals surface area contributed by atoms with E-state index in [1.165, 1.54) is 25.7 Å². The first-order valence-electron chi connectivity index (χ1n) is 7.19. The van der Waals surface area contributed by atoms with Crippen molar-refractivity contribution in [3.8, 4) is 0 Å². The highest BCUT2D eigenvalue weighted by molar-refractivity contribution is 5.80. The summed E-state index contributed by atoms with van der Waals surface area (Å²) in [6.45, 7) is 3.93. The maximum Gasteiger partial charge on any atom is 0.226 e. The van der Waals surface area contributed by atoms with Gasteiger partial charge in [-0.25, -0.2) is 0 Å². The maximum absolute atomic E-state index is 12.6. The third-order valence-corrected chi connectivity index (χ3v) is 4.55. The maximum atomic E-state index is 12.6. The Labute approximate surface area is 104 Å². The van der Waals surface area contributed by atoms with Gasteiger partial charge in [0.05, 0.1) is 0 Å². The van der Waals surface area contributed by atoms with Gasteiger partial charge in [-0.3, -0.25) is 4.79 Å². The van der Waals surface area contributed by atoms with Crippen LogP contribution in [0.1, 0.15) is 39.0 Å². The van der Waals surface area contributed by atoms with Gasteiger partial charge in [0.15, 0.2) is 0 Å². The van der Waals surface area contributed by atoms with E-state index in [4.69, 9.17) is 5.73 Å². The molecule has 3 nitrogen and oxygen atoms in total. The van der Waals surface area contributed by atoms with E-state index in [-0.39, 0.29) is 6.04 Å². The van der Waals surface area contributed by atoms with Gasteiger partial charge in [0.2, 0.25) is 5.91 Å². The molecule has 3 fully saturated rings. The highest BCUT2D eigenvalue weighted by atomic mass is 16.2. The minimum Gasteiger partial charge on any atom is -0.341 e. The molecule has 2 atom stereocenters. The van der Waals surface area contributed by atoms with Crippen molar-refractivity contribution in [3.63, 3.8) is 0 Å². The first-order chi connectivity index (χ1) is 8.15. The van der Waals surface area contributed by atoms with Crippen molar-refractivity contribution in [2.75, 3.05) is 13.1 Å². The van der Waals surface area contributed by atoms with E-state index in [2.05, 4.69) is 11.8 Å². The van der Waals surface area contributed by atoms with Gasteiger partial charge >= 0.3 is 0 Å². The van der Waals surface area contributed by atoms with E-state index < -0.39 is 0 Å². The summed E-state index contributed by atoms with van der Waals surface area (Å²) in [5.74, 6) is 2.78. The lowest BCUT2D eigenvalue weighted by Gasteiger charge is -2.37. The third-order valence-electron chi connectivity index (χ3n) is 4.55. The van der Waals surface area contributed by atoms with Crippen molar-refractivity contribution in [2.45, 2.75) is 45.1 Å². The molecule has 0 aromatic rings. The third kappa shape index (κ3) is 2.49. The summed E-state index contributed by atoms with van der Waals surface area (Å²) in [5, 5.41) is 0. The van der Waals surface area contributed by atoms with Crippen LogP contribution < -0.4 is 5.73 Å². The molecule has 0 aromatic heterocycles. The summed E-state index contributed by atoms with van der Waals surface area (Å²) in [6.07, 6.45) is 6.19. The molecule has 17 heavy (non-hydrogen) atoms. The van der Waals surface area contributed by atoms with E-state index in [1.54, 1.807) is 0 Å². The predicted molar refractivity (Wildman–Crippen MR) is 67.3 cm³/mol. The molecule has 96 valence electrons. The molecule has 2 unspecified atom stereocenters. The predicted octanol–water partition coefficient (Wildman–Crippen LogP) is 1.62. The summed E-state index contributed by atoms with van der Waals surface area (Å²) < 4.78 is 0. The number of amides is 1. The van der Waals surface area contributed by atoms with Gasteiger partial charge in [0, 0.05) is 25.0 Å². The number of rotatable bonds is 3. The fraction of sp³-hybridized carbons (Fsp3) is 0.929. The molecule has 2 N–H and O–H groups in total. The van der Waals surface area contributed by atoms with Crippen LogP contribution in [0, 0.1) is 23.7 Å². The van der Waals surface area contributed by atoms with Gasteiger partial charge in [-0.05, 0) is 49.9 Å². The molecule has 1 amide bonds. The Hall–Kier alpha value is -0.570. The molecule has 1 saturated heterocycles. The molecule has 0 radical (unpaired) electrons. The lowest BCUT2D eigenvalue weighted by Crippen LogP contribution is -2.51. The Balaban J connectivity index is 1.67. The van der Waals surface area contributed by atoms with Crippen LogP contribution in [0.4, 0.5) is 0 Å². The quantitative estimate of drug-likeness (QED) is 0.809. The number of piperidine rings is 1. The van der Waals surface area contributed by atoms with E-state index in [9.17, 15) is 4.79 Å². The molecule has 0 bridgehead atoms. The van der Waals surface area contributed by atoms with Crippen molar-refractivity contribution < 1.29 is 4.79 Å². The highest BCUT2D eigenvalue weighted by Crippen LogP contribution is 2.50. The Bertz CT molecular complexity index is 287. The van der Waals surface area contributed by atoms with Crippen LogP contribution in [0.25, 0.3) is 0 Å². The van der Waals surface area contributed by atoms with Gasteiger partial charge in [0.25, 0.3) is 0 Å². The summed E-state index contributed by atoms with van der Waals surface area (Å²) in [6, 6.07) is 0.196. The fourth-order valence-corrected chi connectivity index (χ4v) is 3.49. The molecule has 2 aliphatic carbocycles. The lowest BCUT2D eigenvalue weighted by molar-refractivity contribution is -0.139. The topological polar surface area (TPSA) is 46.3 Å². The summed E-state index contributed by atoms with van der Waals surface area (Å²) in [5.41, 5.74) is 6.04. The molecule has 1 aliphatic heterocycles. The average Bonchev–Trinajstić information content (AvgIpc) is 3.11. The fourth-order valence-electron chi connectivity index (χ4n) is 3.49. The Morgan fingerprint density at radius 3 is 2.24 bits per heavy atom. The van der Waals surface area contributed by atoms with E-state index in [1.807, 2.05) is 0 Å². The van der Waals surface area contributed by atoms with Crippen molar-refractivity contribution in [2.24, 2.45) is 29.4 Å². The zero-order valence-corrected chi connectivity index (χ0v) is 10.8. The van der Waals surface area contributed by atoms with Gasteiger partial charge in [-0.1, -0.05) is 6.92 Å². The molecule has 0 spiro atoms. The van der Waals surface area contributed by atoms with Crippen LogP contribution in [0.5, 0.6) is 0 Å². The van der Waals surface area contributed by atoms with Gasteiger partial charge in [-0.15, -0.1) is 0 Å². The number of hydrogen-bond donors (Lipinski definition) is 1. The summed E-state index contributed by atoms with van der Waals surface area (Å²) >= 11 is 0. The minimum atomic E-state index is 0.196. The Morgan fingerprint density at radius 2 is 1.76 bits per heavy atom. The Kier molecular flexibility index (Phi) is 2.89. The number of carbonyl (C=O) groups excluding carboxylic acids is 1. The lowest BCUT2D eigenvalue weighted by atomic mass is 9.92. The van der Waals surface area contributed by atoms with Crippen LogP contribution in [0.15, 0.2) is 0 Å². The minimum absolute atomic E-state index is 0.196. The van der Waals surface area contributed by atoms with E-state index >= 15 is 0 Å². The Morgan fingerprint density at radius 1 is 1.18 bits per heavy atom. The molecule has 2 saturated carbocycles. The SMILES string of the molecule is CC1CC(N)CN(C(=O)C(C2CC2)C2CC2)C1. The molecule has 3 aliphatic rings. The largest absolute Gasteiger partial charge is 0.341 e.